The van der Waals surface area contributed by atoms with Crippen LogP contribution in [0.3, 0.4) is 0 Å². The molecule has 148 valence electrons. The quantitative estimate of drug-likeness (QED) is 0.389. The van der Waals surface area contributed by atoms with E-state index in [2.05, 4.69) is 26.8 Å². The molecule has 0 spiro atoms. The first-order chi connectivity index (χ1) is 12.5. The summed E-state index contributed by atoms with van der Waals surface area (Å²) in [5.74, 6) is 0.741. The average molecular weight is 373 g/mol. The molecule has 4 aliphatic rings. The molecule has 0 unspecified atom stereocenters. The van der Waals surface area contributed by atoms with Crippen LogP contribution in [0.4, 0.5) is 0 Å². The molecule has 0 aromatic carbocycles. The molecule has 0 amide bonds. The molecule has 6 atom stereocenters. The molecule has 0 aromatic heterocycles. The van der Waals surface area contributed by atoms with Crippen LogP contribution in [0.15, 0.2) is 11.6 Å². The van der Waals surface area contributed by atoms with Crippen molar-refractivity contribution >= 4 is 17.5 Å². The number of rotatable bonds is 1. The molecule has 0 saturated heterocycles. The van der Waals surface area contributed by atoms with Crippen molar-refractivity contribution < 1.29 is 19.1 Å². The van der Waals surface area contributed by atoms with E-state index in [0.29, 0.717) is 24.7 Å². The summed E-state index contributed by atoms with van der Waals surface area (Å²) in [5, 5.41) is 0. The molecule has 3 saturated carbocycles. The third-order valence-electron chi connectivity index (χ3n) is 9.35. The fourth-order valence-corrected chi connectivity index (χ4v) is 7.21. The lowest BCUT2D eigenvalue weighted by Gasteiger charge is -2.51. The van der Waals surface area contributed by atoms with Gasteiger partial charge in [0.25, 0.3) is 0 Å². The van der Waals surface area contributed by atoms with Crippen LogP contribution in [0.1, 0.15) is 79.6 Å². The number of hydrogen-bond donors (Lipinski definition) is 0. The van der Waals surface area contributed by atoms with E-state index in [4.69, 9.17) is 4.74 Å². The first-order valence-corrected chi connectivity index (χ1v) is 10.5. The van der Waals surface area contributed by atoms with E-state index in [1.807, 2.05) is 6.92 Å². The minimum Gasteiger partial charge on any atom is -0.459 e. The Morgan fingerprint density at radius 3 is 2.37 bits per heavy atom. The number of carbonyl (C=O) groups is 3. The summed E-state index contributed by atoms with van der Waals surface area (Å²) in [6, 6.07) is 0. The molecular formula is C23H32O4. The second kappa shape index (κ2) is 5.55. The van der Waals surface area contributed by atoms with Crippen LogP contribution in [-0.2, 0) is 19.1 Å². The zero-order chi connectivity index (χ0) is 19.8. The topological polar surface area (TPSA) is 60.4 Å². The van der Waals surface area contributed by atoms with Crippen molar-refractivity contribution in [2.24, 2.45) is 28.1 Å². The van der Waals surface area contributed by atoms with Gasteiger partial charge in [0.15, 0.2) is 0 Å². The molecule has 4 aliphatic carbocycles. The number of esters is 1. The Bertz CT molecular complexity index is 766. The third kappa shape index (κ3) is 2.13. The molecule has 0 bridgehead atoms. The van der Waals surface area contributed by atoms with Crippen LogP contribution in [0.25, 0.3) is 0 Å². The number of ketones is 2. The van der Waals surface area contributed by atoms with Crippen molar-refractivity contribution in [3.05, 3.63) is 11.6 Å². The van der Waals surface area contributed by atoms with Gasteiger partial charge in [0, 0.05) is 30.6 Å². The Morgan fingerprint density at radius 2 is 1.70 bits per heavy atom. The first kappa shape index (κ1) is 18.9. The van der Waals surface area contributed by atoms with E-state index < -0.39 is 11.0 Å². The summed E-state index contributed by atoms with van der Waals surface area (Å²) in [5.41, 5.74) is -0.452. The van der Waals surface area contributed by atoms with Crippen LogP contribution in [0.5, 0.6) is 0 Å². The van der Waals surface area contributed by atoms with E-state index in [0.717, 1.165) is 32.1 Å². The van der Waals surface area contributed by atoms with Crippen molar-refractivity contribution in [1.29, 1.82) is 0 Å². The molecular weight excluding hydrogens is 340 g/mol. The number of hydrogen-bond acceptors (Lipinski definition) is 4. The monoisotopic (exact) mass is 372 g/mol. The van der Waals surface area contributed by atoms with Crippen LogP contribution in [-0.4, -0.2) is 23.1 Å². The van der Waals surface area contributed by atoms with Crippen LogP contribution >= 0.6 is 0 Å². The highest BCUT2D eigenvalue weighted by Gasteiger charge is 2.67. The highest BCUT2D eigenvalue weighted by molar-refractivity contribution is 6.09. The highest BCUT2D eigenvalue weighted by Crippen LogP contribution is 2.68. The standard InChI is InChI=1S/C23H32O4/c1-14(24)27-22(4)13-9-16-15-6-7-18(25)23(5)19(26)10-12-21(23,3)17(15)8-11-20(16,22)2/h8,15-16H,6-7,9-13H2,1-5H3/t15-,16-,20-,21+,22-,23-/m0/s1. The van der Waals surface area contributed by atoms with Gasteiger partial charge in [0.05, 0.1) is 5.41 Å². The Balaban J connectivity index is 1.80. The summed E-state index contributed by atoms with van der Waals surface area (Å²) in [4.78, 5) is 37.6. The van der Waals surface area contributed by atoms with Gasteiger partial charge < -0.3 is 4.74 Å². The lowest BCUT2D eigenvalue weighted by molar-refractivity contribution is -0.170. The van der Waals surface area contributed by atoms with E-state index >= 15 is 0 Å². The van der Waals surface area contributed by atoms with Gasteiger partial charge in [0.1, 0.15) is 17.2 Å². The molecule has 0 radical (unpaired) electrons. The molecule has 0 N–H and O–H groups in total. The normalized spacial score (nSPS) is 49.0. The molecule has 0 heterocycles. The molecule has 0 aliphatic heterocycles. The summed E-state index contributed by atoms with van der Waals surface area (Å²) in [6.07, 6.45) is 7.64. The summed E-state index contributed by atoms with van der Waals surface area (Å²) < 4.78 is 5.86. The van der Waals surface area contributed by atoms with Crippen LogP contribution in [0.2, 0.25) is 0 Å². The van der Waals surface area contributed by atoms with E-state index in [-0.39, 0.29) is 28.4 Å². The average Bonchev–Trinajstić information content (AvgIpc) is 2.95. The van der Waals surface area contributed by atoms with Gasteiger partial charge in [-0.2, -0.15) is 0 Å². The van der Waals surface area contributed by atoms with Gasteiger partial charge in [0.2, 0.25) is 0 Å². The number of ether oxygens (including phenoxy) is 1. The maximum Gasteiger partial charge on any atom is 0.303 e. The maximum atomic E-state index is 13.1. The summed E-state index contributed by atoms with van der Waals surface area (Å²) in [6.45, 7) is 9.89. The van der Waals surface area contributed by atoms with Gasteiger partial charge in [-0.1, -0.05) is 25.5 Å². The molecule has 27 heavy (non-hydrogen) atoms. The minimum absolute atomic E-state index is 0.115. The Hall–Kier alpha value is -1.45. The van der Waals surface area contributed by atoms with Crippen molar-refractivity contribution in [3.63, 3.8) is 0 Å². The lowest BCUT2D eigenvalue weighted by atomic mass is 9.53. The number of carbonyl (C=O) groups excluding carboxylic acids is 3. The molecule has 4 rings (SSSR count). The third-order valence-corrected chi connectivity index (χ3v) is 9.35. The Morgan fingerprint density at radius 1 is 1.04 bits per heavy atom. The maximum absolute atomic E-state index is 13.1. The van der Waals surface area contributed by atoms with Gasteiger partial charge in [-0.3, -0.25) is 14.4 Å². The molecule has 3 fully saturated rings. The SMILES string of the molecule is CC(=O)O[C@@]1(C)CC[C@H]2[C@@H]3CCC(=O)[C@@]4(C)C(=O)CC[C@]4(C)C3=CC[C@@]21C. The van der Waals surface area contributed by atoms with Gasteiger partial charge in [-0.05, 0) is 57.8 Å². The number of fused-ring (bicyclic) bond motifs is 5. The fourth-order valence-electron chi connectivity index (χ4n) is 7.21. The van der Waals surface area contributed by atoms with E-state index in [9.17, 15) is 14.4 Å². The van der Waals surface area contributed by atoms with Crippen LogP contribution in [0, 0.1) is 28.1 Å². The van der Waals surface area contributed by atoms with Crippen molar-refractivity contribution in [2.75, 3.05) is 0 Å². The Labute approximate surface area is 162 Å². The van der Waals surface area contributed by atoms with Crippen LogP contribution < -0.4 is 0 Å². The summed E-state index contributed by atoms with van der Waals surface area (Å²) >= 11 is 0. The first-order valence-electron chi connectivity index (χ1n) is 10.5. The smallest absolute Gasteiger partial charge is 0.303 e. The second-order valence-corrected chi connectivity index (χ2v) is 10.2. The van der Waals surface area contributed by atoms with Gasteiger partial charge >= 0.3 is 5.97 Å². The zero-order valence-corrected chi connectivity index (χ0v) is 17.3. The van der Waals surface area contributed by atoms with Crippen molar-refractivity contribution in [3.8, 4) is 0 Å². The Kier molecular flexibility index (Phi) is 3.88. The largest absolute Gasteiger partial charge is 0.459 e. The number of Topliss-reactive ketones (excluding diaryl/α,β-unsaturated/α-hetero) is 2. The van der Waals surface area contributed by atoms with Crippen molar-refractivity contribution in [2.45, 2.75) is 85.2 Å². The van der Waals surface area contributed by atoms with E-state index in [1.54, 1.807) is 0 Å². The highest BCUT2D eigenvalue weighted by atomic mass is 16.6. The zero-order valence-electron chi connectivity index (χ0n) is 17.3. The predicted octanol–water partition coefficient (Wildman–Crippen LogP) is 4.41. The minimum atomic E-state index is -0.862. The molecule has 4 heteroatoms. The second-order valence-electron chi connectivity index (χ2n) is 10.2. The van der Waals surface area contributed by atoms with E-state index in [1.165, 1.54) is 12.5 Å². The molecule has 4 nitrogen and oxygen atoms in total. The predicted molar refractivity (Wildman–Crippen MR) is 102 cm³/mol. The van der Waals surface area contributed by atoms with Gasteiger partial charge in [-0.25, -0.2) is 0 Å². The number of allylic oxidation sites excluding steroid dienone is 2. The molecule has 0 aromatic rings. The fraction of sp³-hybridized carbons (Fsp3) is 0.783. The van der Waals surface area contributed by atoms with Crippen molar-refractivity contribution in [1.82, 2.24) is 0 Å². The van der Waals surface area contributed by atoms with Gasteiger partial charge in [-0.15, -0.1) is 0 Å². The lowest BCUT2D eigenvalue weighted by Crippen LogP contribution is -2.51. The summed E-state index contributed by atoms with van der Waals surface area (Å²) in [7, 11) is 0.